The molecule has 182 valence electrons. The third kappa shape index (κ3) is 5.31. The number of esters is 2. The molecule has 1 atom stereocenters. The molecule has 0 saturated heterocycles. The number of carbonyl (C=O) groups excluding carboxylic acids is 2. The summed E-state index contributed by atoms with van der Waals surface area (Å²) in [7, 11) is 2.12. The maximum absolute atomic E-state index is 12.4. The van der Waals surface area contributed by atoms with Gasteiger partial charge in [-0.2, -0.15) is 0 Å². The lowest BCUT2D eigenvalue weighted by molar-refractivity contribution is -0.137. The van der Waals surface area contributed by atoms with Gasteiger partial charge < -0.3 is 14.4 Å². The average molecular weight is 484 g/mol. The van der Waals surface area contributed by atoms with Crippen LogP contribution in [-0.2, 0) is 28.9 Å². The maximum atomic E-state index is 12.4. The Morgan fingerprint density at radius 2 is 1.71 bits per heavy atom. The van der Waals surface area contributed by atoms with E-state index in [0.29, 0.717) is 17.9 Å². The van der Waals surface area contributed by atoms with Gasteiger partial charge in [0.05, 0.1) is 5.02 Å². The SMILES string of the molecule is CCCC(=O)Oc1cc2c(c(Cl)c1OC(=O)CCC)CCN(C)CC2c1ccc2c(c1)CCC2. The topological polar surface area (TPSA) is 55.8 Å². The highest BCUT2D eigenvalue weighted by atomic mass is 35.5. The molecule has 4 rings (SSSR count). The Bertz CT molecular complexity index is 1080. The van der Waals surface area contributed by atoms with Crippen LogP contribution in [0.25, 0.3) is 0 Å². The van der Waals surface area contributed by atoms with E-state index < -0.39 is 0 Å². The van der Waals surface area contributed by atoms with Crippen molar-refractivity contribution < 1.29 is 19.1 Å². The second-order valence-electron chi connectivity index (χ2n) is 9.48. The van der Waals surface area contributed by atoms with Gasteiger partial charge in [-0.05, 0) is 79.5 Å². The van der Waals surface area contributed by atoms with E-state index in [1.807, 2.05) is 19.9 Å². The van der Waals surface area contributed by atoms with E-state index in [2.05, 4.69) is 30.1 Å². The van der Waals surface area contributed by atoms with Crippen molar-refractivity contribution >= 4 is 23.5 Å². The number of fused-ring (bicyclic) bond motifs is 2. The zero-order valence-corrected chi connectivity index (χ0v) is 21.2. The molecule has 5 nitrogen and oxygen atoms in total. The number of aryl methyl sites for hydroxylation is 2. The van der Waals surface area contributed by atoms with Gasteiger partial charge in [-0.15, -0.1) is 0 Å². The van der Waals surface area contributed by atoms with E-state index in [-0.39, 0.29) is 42.2 Å². The predicted molar refractivity (Wildman–Crippen MR) is 134 cm³/mol. The van der Waals surface area contributed by atoms with Gasteiger partial charge in [-0.25, -0.2) is 0 Å². The van der Waals surface area contributed by atoms with Gasteiger partial charge in [-0.3, -0.25) is 9.59 Å². The molecule has 0 N–H and O–H groups in total. The quantitative estimate of drug-likeness (QED) is 0.364. The minimum absolute atomic E-state index is 0.0786. The summed E-state index contributed by atoms with van der Waals surface area (Å²) in [5.74, 6) is -0.248. The zero-order valence-electron chi connectivity index (χ0n) is 20.4. The zero-order chi connectivity index (χ0) is 24.2. The third-order valence-electron chi connectivity index (χ3n) is 6.81. The molecule has 0 spiro atoms. The Morgan fingerprint density at radius 1 is 1.00 bits per heavy atom. The van der Waals surface area contributed by atoms with Crippen LogP contribution in [0.1, 0.15) is 79.7 Å². The van der Waals surface area contributed by atoms with Crippen LogP contribution < -0.4 is 9.47 Å². The van der Waals surface area contributed by atoms with Crippen molar-refractivity contribution in [2.45, 2.75) is 71.1 Å². The number of benzene rings is 2. The van der Waals surface area contributed by atoms with Crippen LogP contribution in [0.4, 0.5) is 0 Å². The first-order valence-electron chi connectivity index (χ1n) is 12.5. The molecule has 0 bridgehead atoms. The molecule has 6 heteroatoms. The lowest BCUT2D eigenvalue weighted by atomic mass is 9.86. The van der Waals surface area contributed by atoms with Gasteiger partial charge in [0.25, 0.3) is 0 Å². The highest BCUT2D eigenvalue weighted by Crippen LogP contribution is 2.45. The van der Waals surface area contributed by atoms with Crippen molar-refractivity contribution in [1.82, 2.24) is 4.90 Å². The Balaban J connectivity index is 1.82. The number of hydrogen-bond acceptors (Lipinski definition) is 5. The number of carbonyl (C=O) groups is 2. The number of likely N-dealkylation sites (N-methyl/N-ethyl adjacent to an activating group) is 1. The highest BCUT2D eigenvalue weighted by Gasteiger charge is 2.30. The minimum atomic E-state index is -0.377. The fourth-order valence-electron chi connectivity index (χ4n) is 5.05. The average Bonchev–Trinajstić information content (AvgIpc) is 3.20. The largest absolute Gasteiger partial charge is 0.422 e. The first kappa shape index (κ1) is 24.7. The molecule has 2 aromatic rings. The van der Waals surface area contributed by atoms with Crippen LogP contribution in [0.5, 0.6) is 11.5 Å². The molecular weight excluding hydrogens is 450 g/mol. The number of halogens is 1. The number of rotatable bonds is 7. The lowest BCUT2D eigenvalue weighted by Gasteiger charge is -2.24. The van der Waals surface area contributed by atoms with Crippen LogP contribution in [0.3, 0.4) is 0 Å². The standard InChI is InChI=1S/C28H34ClNO4/c1-4-7-25(31)33-24-16-22-21(27(29)28(24)34-26(32)8-5-2)13-14-30(3)17-23(22)20-12-11-18-9-6-10-19(18)15-20/h11-12,15-16,23H,4-10,13-14,17H2,1-3H3. The molecule has 1 aliphatic heterocycles. The summed E-state index contributed by atoms with van der Waals surface area (Å²) < 4.78 is 11.4. The summed E-state index contributed by atoms with van der Waals surface area (Å²) in [4.78, 5) is 27.1. The van der Waals surface area contributed by atoms with Crippen molar-refractivity contribution in [2.75, 3.05) is 20.1 Å². The van der Waals surface area contributed by atoms with Gasteiger partial charge in [0.15, 0.2) is 11.5 Å². The Kier molecular flexibility index (Phi) is 7.95. The summed E-state index contributed by atoms with van der Waals surface area (Å²) in [5, 5.41) is 0.378. The molecule has 0 amide bonds. The molecule has 0 radical (unpaired) electrons. The predicted octanol–water partition coefficient (Wildman–Crippen LogP) is 5.86. The smallest absolute Gasteiger partial charge is 0.311 e. The van der Waals surface area contributed by atoms with Gasteiger partial charge in [-0.1, -0.05) is 43.6 Å². The monoisotopic (exact) mass is 483 g/mol. The van der Waals surface area contributed by atoms with Gasteiger partial charge in [0.1, 0.15) is 0 Å². The second kappa shape index (κ2) is 10.9. The molecule has 2 aliphatic rings. The Morgan fingerprint density at radius 3 is 2.44 bits per heavy atom. The Hall–Kier alpha value is -2.37. The number of ether oxygens (including phenoxy) is 2. The first-order valence-corrected chi connectivity index (χ1v) is 12.9. The highest BCUT2D eigenvalue weighted by molar-refractivity contribution is 6.33. The fraction of sp³-hybridized carbons (Fsp3) is 0.500. The van der Waals surface area contributed by atoms with Crippen molar-refractivity contribution in [2.24, 2.45) is 0 Å². The summed E-state index contributed by atoms with van der Waals surface area (Å²) in [6.07, 6.45) is 6.09. The summed E-state index contributed by atoms with van der Waals surface area (Å²) in [5.41, 5.74) is 6.12. The normalized spacial score (nSPS) is 17.6. The number of nitrogens with zero attached hydrogens (tertiary/aromatic N) is 1. The van der Waals surface area contributed by atoms with Crippen LogP contribution in [0.15, 0.2) is 24.3 Å². The third-order valence-corrected chi connectivity index (χ3v) is 7.21. The van der Waals surface area contributed by atoms with Crippen molar-refractivity contribution in [3.63, 3.8) is 0 Å². The molecular formula is C28H34ClNO4. The van der Waals surface area contributed by atoms with E-state index in [9.17, 15) is 9.59 Å². The van der Waals surface area contributed by atoms with E-state index >= 15 is 0 Å². The van der Waals surface area contributed by atoms with Crippen molar-refractivity contribution in [1.29, 1.82) is 0 Å². The van der Waals surface area contributed by atoms with Gasteiger partial charge in [0, 0.05) is 31.8 Å². The summed E-state index contributed by atoms with van der Waals surface area (Å²) in [6, 6.07) is 8.71. The molecule has 34 heavy (non-hydrogen) atoms. The lowest BCUT2D eigenvalue weighted by Crippen LogP contribution is -2.24. The molecule has 1 aliphatic carbocycles. The van der Waals surface area contributed by atoms with E-state index in [0.717, 1.165) is 43.5 Å². The molecule has 0 fully saturated rings. The van der Waals surface area contributed by atoms with Crippen LogP contribution in [0, 0.1) is 0 Å². The minimum Gasteiger partial charge on any atom is -0.422 e. The number of hydrogen-bond donors (Lipinski definition) is 0. The molecule has 1 heterocycles. The summed E-state index contributed by atoms with van der Waals surface area (Å²) >= 11 is 6.92. The van der Waals surface area contributed by atoms with E-state index in [1.165, 1.54) is 23.1 Å². The second-order valence-corrected chi connectivity index (χ2v) is 9.86. The first-order chi connectivity index (χ1) is 16.4. The maximum Gasteiger partial charge on any atom is 0.311 e. The van der Waals surface area contributed by atoms with Crippen LogP contribution in [-0.4, -0.2) is 37.0 Å². The van der Waals surface area contributed by atoms with Gasteiger partial charge >= 0.3 is 11.9 Å². The Labute approximate surface area is 207 Å². The molecule has 0 saturated carbocycles. The molecule has 1 unspecified atom stereocenters. The van der Waals surface area contributed by atoms with Crippen LogP contribution >= 0.6 is 11.6 Å². The fourth-order valence-corrected chi connectivity index (χ4v) is 5.38. The summed E-state index contributed by atoms with van der Waals surface area (Å²) in [6.45, 7) is 5.51. The van der Waals surface area contributed by atoms with Crippen molar-refractivity contribution in [3.05, 3.63) is 57.1 Å². The van der Waals surface area contributed by atoms with Gasteiger partial charge in [0.2, 0.25) is 0 Å². The molecule has 0 aromatic heterocycles. The molecule has 2 aromatic carbocycles. The van der Waals surface area contributed by atoms with Crippen molar-refractivity contribution in [3.8, 4) is 11.5 Å². The van der Waals surface area contributed by atoms with Crippen LogP contribution in [0.2, 0.25) is 5.02 Å². The van der Waals surface area contributed by atoms with E-state index in [1.54, 1.807) is 0 Å². The van der Waals surface area contributed by atoms with E-state index in [4.69, 9.17) is 21.1 Å².